The van der Waals surface area contributed by atoms with Gasteiger partial charge in [-0.25, -0.2) is 8.78 Å². The third-order valence-corrected chi connectivity index (χ3v) is 3.63. The highest BCUT2D eigenvalue weighted by molar-refractivity contribution is 5.92. The number of carbonyl (C=O) groups is 1. The fourth-order valence-corrected chi connectivity index (χ4v) is 2.30. The topological polar surface area (TPSA) is 66.9 Å². The fraction of sp³-hybridized carbons (Fsp3) is 0.105. The van der Waals surface area contributed by atoms with E-state index in [1.165, 1.54) is 12.1 Å². The van der Waals surface area contributed by atoms with Crippen LogP contribution >= 0.6 is 0 Å². The number of hydrogen-bond donors (Lipinski definition) is 2. The zero-order valence-electron chi connectivity index (χ0n) is 13.7. The van der Waals surface area contributed by atoms with E-state index in [9.17, 15) is 13.6 Å². The number of nitrogens with one attached hydrogen (secondary N) is 2. The maximum absolute atomic E-state index is 13.2. The van der Waals surface area contributed by atoms with Crippen LogP contribution in [0.5, 0.6) is 0 Å². The number of anilines is 2. The number of halogens is 2. The van der Waals surface area contributed by atoms with Crippen molar-refractivity contribution in [3.05, 3.63) is 83.6 Å². The van der Waals surface area contributed by atoms with Gasteiger partial charge in [0, 0.05) is 18.3 Å². The van der Waals surface area contributed by atoms with Gasteiger partial charge in [-0.05, 0) is 36.2 Å². The van der Waals surface area contributed by atoms with Crippen LogP contribution in [-0.4, -0.2) is 22.6 Å². The van der Waals surface area contributed by atoms with E-state index in [2.05, 4.69) is 20.8 Å². The Morgan fingerprint density at radius 1 is 0.923 bits per heavy atom. The van der Waals surface area contributed by atoms with Crippen LogP contribution in [0, 0.1) is 11.6 Å². The zero-order chi connectivity index (χ0) is 18.4. The molecule has 26 heavy (non-hydrogen) atoms. The second-order valence-electron chi connectivity index (χ2n) is 5.55. The van der Waals surface area contributed by atoms with Gasteiger partial charge >= 0.3 is 0 Å². The molecule has 3 rings (SSSR count). The first-order valence-electron chi connectivity index (χ1n) is 8.00. The molecule has 0 fully saturated rings. The molecular formula is C19H16F2N4O. The molecule has 3 aromatic rings. The van der Waals surface area contributed by atoms with Crippen molar-refractivity contribution in [2.24, 2.45) is 0 Å². The quantitative estimate of drug-likeness (QED) is 0.711. The molecule has 0 saturated heterocycles. The highest BCUT2D eigenvalue weighted by Gasteiger charge is 2.08. The van der Waals surface area contributed by atoms with Gasteiger partial charge in [0.15, 0.2) is 23.1 Å². The van der Waals surface area contributed by atoms with E-state index in [1.54, 1.807) is 6.07 Å². The summed E-state index contributed by atoms with van der Waals surface area (Å²) >= 11 is 0. The molecule has 0 aliphatic heterocycles. The van der Waals surface area contributed by atoms with Crippen molar-refractivity contribution in [2.75, 3.05) is 11.9 Å². The van der Waals surface area contributed by atoms with Crippen LogP contribution < -0.4 is 10.6 Å². The first-order chi connectivity index (χ1) is 12.6. The predicted molar refractivity (Wildman–Crippen MR) is 94.2 cm³/mol. The molecule has 0 saturated carbocycles. The van der Waals surface area contributed by atoms with Gasteiger partial charge in [0.2, 0.25) is 0 Å². The van der Waals surface area contributed by atoms with E-state index in [-0.39, 0.29) is 11.6 Å². The predicted octanol–water partition coefficient (Wildman–Crippen LogP) is 3.47. The van der Waals surface area contributed by atoms with Crippen LogP contribution in [-0.2, 0) is 6.42 Å². The molecule has 0 unspecified atom stereocenters. The van der Waals surface area contributed by atoms with Gasteiger partial charge in [-0.15, -0.1) is 10.2 Å². The lowest BCUT2D eigenvalue weighted by atomic mass is 10.1. The number of aromatic nitrogens is 2. The van der Waals surface area contributed by atoms with Gasteiger partial charge < -0.3 is 10.6 Å². The summed E-state index contributed by atoms with van der Waals surface area (Å²) in [5.74, 6) is -1.90. The molecule has 5 nitrogen and oxygen atoms in total. The van der Waals surface area contributed by atoms with E-state index in [1.807, 2.05) is 30.3 Å². The molecule has 1 aromatic heterocycles. The molecule has 7 heteroatoms. The molecule has 1 heterocycles. The van der Waals surface area contributed by atoms with Crippen molar-refractivity contribution in [3.63, 3.8) is 0 Å². The lowest BCUT2D eigenvalue weighted by Crippen LogP contribution is -2.26. The highest BCUT2D eigenvalue weighted by Crippen LogP contribution is 2.17. The molecule has 2 aromatic carbocycles. The number of amides is 1. The zero-order valence-corrected chi connectivity index (χ0v) is 13.7. The minimum Gasteiger partial charge on any atom is -0.350 e. The number of benzene rings is 2. The third-order valence-electron chi connectivity index (χ3n) is 3.63. The summed E-state index contributed by atoms with van der Waals surface area (Å²) in [5.41, 5.74) is 1.64. The second-order valence-corrected chi connectivity index (χ2v) is 5.55. The SMILES string of the molecule is O=C(NCCc1ccccc1)c1ccc(Nc2ccc(F)c(F)c2)nn1. The van der Waals surface area contributed by atoms with E-state index in [4.69, 9.17) is 0 Å². The standard InChI is InChI=1S/C19H16F2N4O/c20-15-7-6-14(12-16(15)21)23-18-9-8-17(24-25-18)19(26)22-11-10-13-4-2-1-3-5-13/h1-9,12H,10-11H2,(H,22,26)(H,23,25). The summed E-state index contributed by atoms with van der Waals surface area (Å²) in [7, 11) is 0. The number of nitrogens with zero attached hydrogens (tertiary/aromatic N) is 2. The summed E-state index contributed by atoms with van der Waals surface area (Å²) in [4.78, 5) is 12.1. The monoisotopic (exact) mass is 354 g/mol. The number of hydrogen-bond acceptors (Lipinski definition) is 4. The van der Waals surface area contributed by atoms with Gasteiger partial charge in [-0.2, -0.15) is 0 Å². The second kappa shape index (κ2) is 8.15. The highest BCUT2D eigenvalue weighted by atomic mass is 19.2. The van der Waals surface area contributed by atoms with Gasteiger partial charge in [-0.1, -0.05) is 30.3 Å². The van der Waals surface area contributed by atoms with E-state index >= 15 is 0 Å². The van der Waals surface area contributed by atoms with Crippen molar-refractivity contribution in [2.45, 2.75) is 6.42 Å². The van der Waals surface area contributed by atoms with Gasteiger partial charge in [0.25, 0.3) is 5.91 Å². The average molecular weight is 354 g/mol. The molecule has 0 bridgehead atoms. The Morgan fingerprint density at radius 2 is 1.73 bits per heavy atom. The largest absolute Gasteiger partial charge is 0.350 e. The molecule has 0 radical (unpaired) electrons. The normalized spacial score (nSPS) is 10.4. The molecular weight excluding hydrogens is 338 g/mol. The van der Waals surface area contributed by atoms with E-state index in [0.717, 1.165) is 24.1 Å². The fourth-order valence-electron chi connectivity index (χ4n) is 2.30. The maximum Gasteiger partial charge on any atom is 0.271 e. The lowest BCUT2D eigenvalue weighted by Gasteiger charge is -2.07. The van der Waals surface area contributed by atoms with Gasteiger partial charge in [0.1, 0.15) is 0 Å². The number of carbonyl (C=O) groups excluding carboxylic acids is 1. The van der Waals surface area contributed by atoms with E-state index < -0.39 is 11.6 Å². The van der Waals surface area contributed by atoms with Crippen molar-refractivity contribution in [1.82, 2.24) is 15.5 Å². The Kier molecular flexibility index (Phi) is 5.48. The Morgan fingerprint density at radius 3 is 2.42 bits per heavy atom. The first-order valence-corrected chi connectivity index (χ1v) is 8.00. The minimum atomic E-state index is -0.961. The van der Waals surface area contributed by atoms with Crippen molar-refractivity contribution >= 4 is 17.4 Å². The Labute approximate surface area is 149 Å². The van der Waals surface area contributed by atoms with Crippen LogP contribution in [0.1, 0.15) is 16.1 Å². The van der Waals surface area contributed by atoms with Crippen LogP contribution in [0.25, 0.3) is 0 Å². The van der Waals surface area contributed by atoms with Crippen LogP contribution in [0.3, 0.4) is 0 Å². The van der Waals surface area contributed by atoms with Crippen LogP contribution in [0.4, 0.5) is 20.3 Å². The van der Waals surface area contributed by atoms with Crippen molar-refractivity contribution in [1.29, 1.82) is 0 Å². The smallest absolute Gasteiger partial charge is 0.271 e. The maximum atomic E-state index is 13.2. The molecule has 132 valence electrons. The van der Waals surface area contributed by atoms with Gasteiger partial charge in [-0.3, -0.25) is 4.79 Å². The number of rotatable bonds is 6. The van der Waals surface area contributed by atoms with E-state index in [0.29, 0.717) is 18.1 Å². The molecule has 1 amide bonds. The Balaban J connectivity index is 1.54. The molecule has 0 spiro atoms. The Bertz CT molecular complexity index is 886. The molecule has 0 atom stereocenters. The lowest BCUT2D eigenvalue weighted by molar-refractivity contribution is 0.0948. The summed E-state index contributed by atoms with van der Waals surface area (Å²) < 4.78 is 26.1. The van der Waals surface area contributed by atoms with Crippen molar-refractivity contribution in [3.8, 4) is 0 Å². The third kappa shape index (κ3) is 4.60. The minimum absolute atomic E-state index is 0.175. The van der Waals surface area contributed by atoms with Crippen molar-refractivity contribution < 1.29 is 13.6 Å². The van der Waals surface area contributed by atoms with Crippen LogP contribution in [0.15, 0.2) is 60.7 Å². The summed E-state index contributed by atoms with van der Waals surface area (Å²) in [6.45, 7) is 0.486. The molecule has 0 aliphatic carbocycles. The summed E-state index contributed by atoms with van der Waals surface area (Å²) in [6, 6.07) is 16.3. The average Bonchev–Trinajstić information content (AvgIpc) is 2.66. The first kappa shape index (κ1) is 17.5. The molecule has 2 N–H and O–H groups in total. The Hall–Kier alpha value is -3.35. The summed E-state index contributed by atoms with van der Waals surface area (Å²) in [5, 5.41) is 13.3. The van der Waals surface area contributed by atoms with Crippen LogP contribution in [0.2, 0.25) is 0 Å². The van der Waals surface area contributed by atoms with Gasteiger partial charge in [0.05, 0.1) is 0 Å². The molecule has 0 aliphatic rings. The summed E-state index contributed by atoms with van der Waals surface area (Å²) in [6.07, 6.45) is 0.718.